The van der Waals surface area contributed by atoms with Gasteiger partial charge in [-0.05, 0) is 39.5 Å². The Bertz CT molecular complexity index is 896. The zero-order chi connectivity index (χ0) is 30.4. The van der Waals surface area contributed by atoms with Crippen molar-refractivity contribution in [3.63, 3.8) is 0 Å². The minimum absolute atomic E-state index is 0.360. The predicted octanol–water partition coefficient (Wildman–Crippen LogP) is -3.52. The fraction of sp³-hybridized carbons (Fsp3) is 0.926. The highest BCUT2D eigenvalue weighted by atomic mass is 16.7. The van der Waals surface area contributed by atoms with Gasteiger partial charge in [-0.25, -0.2) is 0 Å². The van der Waals surface area contributed by atoms with Crippen molar-refractivity contribution < 1.29 is 70.0 Å². The van der Waals surface area contributed by atoms with Crippen molar-refractivity contribution in [3.8, 4) is 0 Å². The topological polar surface area (TPSA) is 239 Å². The first-order valence-electron chi connectivity index (χ1n) is 14.1. The Morgan fingerprint density at radius 3 is 2.02 bits per heavy atom. The third kappa shape index (κ3) is 6.11. The molecule has 14 nitrogen and oxygen atoms in total. The van der Waals surface area contributed by atoms with E-state index in [1.165, 1.54) is 0 Å². The maximum Gasteiger partial charge on any atom is 0.187 e. The van der Waals surface area contributed by atoms with Crippen molar-refractivity contribution in [2.45, 2.75) is 119 Å². The number of hydrogen-bond donors (Lipinski definition) is 10. The van der Waals surface area contributed by atoms with Crippen molar-refractivity contribution in [1.82, 2.24) is 0 Å². The van der Waals surface area contributed by atoms with E-state index >= 15 is 0 Å². The molecule has 4 rings (SSSR count). The molecule has 2 heterocycles. The van der Waals surface area contributed by atoms with Crippen LogP contribution in [0.4, 0.5) is 0 Å². The molecule has 14 heteroatoms. The number of rotatable bonds is 8. The fourth-order valence-corrected chi connectivity index (χ4v) is 7.01. The number of aliphatic hydroxyl groups is 10. The molecule has 2 aliphatic carbocycles. The fourth-order valence-electron chi connectivity index (χ4n) is 7.01. The molecule has 2 saturated heterocycles. The molecule has 2 unspecified atom stereocenters. The van der Waals surface area contributed by atoms with E-state index in [0.717, 1.165) is 0 Å². The van der Waals surface area contributed by atoms with Crippen LogP contribution >= 0.6 is 0 Å². The van der Waals surface area contributed by atoms with Crippen LogP contribution in [0.5, 0.6) is 0 Å². The van der Waals surface area contributed by atoms with Gasteiger partial charge in [0, 0.05) is 17.3 Å². The van der Waals surface area contributed by atoms with Crippen molar-refractivity contribution >= 4 is 0 Å². The highest BCUT2D eigenvalue weighted by Crippen LogP contribution is 2.56. The van der Waals surface area contributed by atoms with Crippen LogP contribution in [0.3, 0.4) is 0 Å². The maximum atomic E-state index is 11.0. The van der Waals surface area contributed by atoms with Gasteiger partial charge in [0.05, 0.1) is 37.6 Å². The maximum absolute atomic E-state index is 11.0. The first-order chi connectivity index (χ1) is 19.2. The molecule has 2 aliphatic heterocycles. The minimum atomic E-state index is -1.76. The van der Waals surface area contributed by atoms with Gasteiger partial charge in [-0.15, -0.1) is 0 Å². The van der Waals surface area contributed by atoms with Crippen LogP contribution in [0.1, 0.15) is 39.5 Å². The second-order valence-corrected chi connectivity index (χ2v) is 12.5. The van der Waals surface area contributed by atoms with Crippen LogP contribution in [-0.4, -0.2) is 150 Å². The molecular weight excluding hydrogens is 548 g/mol. The number of aliphatic hydroxyl groups excluding tert-OH is 9. The summed E-state index contributed by atoms with van der Waals surface area (Å²) in [6, 6.07) is 0. The molecule has 238 valence electrons. The smallest absolute Gasteiger partial charge is 0.187 e. The van der Waals surface area contributed by atoms with Crippen LogP contribution < -0.4 is 0 Å². The van der Waals surface area contributed by atoms with Gasteiger partial charge >= 0.3 is 0 Å². The van der Waals surface area contributed by atoms with Crippen molar-refractivity contribution in [2.75, 3.05) is 19.8 Å². The Labute approximate surface area is 238 Å². The van der Waals surface area contributed by atoms with Gasteiger partial charge in [0.2, 0.25) is 0 Å². The summed E-state index contributed by atoms with van der Waals surface area (Å²) in [5.74, 6) is -1.16. The van der Waals surface area contributed by atoms with E-state index in [-0.39, 0.29) is 6.61 Å². The van der Waals surface area contributed by atoms with E-state index in [9.17, 15) is 51.1 Å². The van der Waals surface area contributed by atoms with Crippen LogP contribution in [0.2, 0.25) is 0 Å². The van der Waals surface area contributed by atoms with Crippen LogP contribution in [0.15, 0.2) is 12.2 Å². The number of hydrogen-bond acceptors (Lipinski definition) is 14. The zero-order valence-electron chi connectivity index (χ0n) is 23.3. The summed E-state index contributed by atoms with van der Waals surface area (Å²) < 4.78 is 22.9. The van der Waals surface area contributed by atoms with Crippen LogP contribution in [0, 0.1) is 17.3 Å². The van der Waals surface area contributed by atoms with Crippen molar-refractivity contribution in [2.24, 2.45) is 17.3 Å². The molecule has 0 spiro atoms. The van der Waals surface area contributed by atoms with E-state index in [4.69, 9.17) is 18.9 Å². The molecule has 2 saturated carbocycles. The minimum Gasteiger partial charge on any atom is -0.396 e. The summed E-state index contributed by atoms with van der Waals surface area (Å²) in [4.78, 5) is 0. The third-order valence-corrected chi connectivity index (χ3v) is 9.54. The standard InChI is InChI=1S/C27H46O14/c1-11-4-5-15(30)27(10-29)7-6-12(26(2,3)37)23(16(11)27)41-25-22(36)20(34)18(32)14(40-25)9-38-24-21(35)19(33)17(31)13(8-28)39-24/h12-25,28-37H,1,4-10H2,2-3H3/t12-,13-,14-,15?,16-,17-,18-,19+,20+,21-,22-,23?,24-,25+,27+/m1/s1. The lowest BCUT2D eigenvalue weighted by Crippen LogP contribution is -2.65. The molecule has 10 N–H and O–H groups in total. The van der Waals surface area contributed by atoms with E-state index in [1.54, 1.807) is 13.8 Å². The Hall–Kier alpha value is -0.820. The molecule has 4 fully saturated rings. The molecule has 0 aromatic carbocycles. The van der Waals surface area contributed by atoms with Crippen molar-refractivity contribution in [1.29, 1.82) is 0 Å². The molecule has 0 bridgehead atoms. The predicted molar refractivity (Wildman–Crippen MR) is 138 cm³/mol. The Balaban J connectivity index is 1.55. The normalized spacial score (nSPS) is 49.5. The summed E-state index contributed by atoms with van der Waals surface area (Å²) in [6.45, 7) is 5.83. The zero-order valence-corrected chi connectivity index (χ0v) is 23.3. The molecule has 0 aromatic rings. The van der Waals surface area contributed by atoms with Gasteiger partial charge in [0.1, 0.15) is 48.8 Å². The van der Waals surface area contributed by atoms with Gasteiger partial charge in [-0.2, -0.15) is 0 Å². The quantitative estimate of drug-likeness (QED) is 0.123. The lowest BCUT2D eigenvalue weighted by Gasteiger charge is -2.58. The van der Waals surface area contributed by atoms with E-state index in [0.29, 0.717) is 31.3 Å². The molecule has 15 atom stereocenters. The van der Waals surface area contributed by atoms with E-state index < -0.39 is 110 Å². The monoisotopic (exact) mass is 594 g/mol. The van der Waals surface area contributed by atoms with Crippen molar-refractivity contribution in [3.05, 3.63) is 12.2 Å². The summed E-state index contributed by atoms with van der Waals surface area (Å²) >= 11 is 0. The van der Waals surface area contributed by atoms with Gasteiger partial charge in [0.15, 0.2) is 12.6 Å². The number of ether oxygens (including phenoxy) is 4. The van der Waals surface area contributed by atoms with E-state index in [2.05, 4.69) is 6.58 Å². The van der Waals surface area contributed by atoms with Crippen LogP contribution in [0.25, 0.3) is 0 Å². The highest BCUT2D eigenvalue weighted by molar-refractivity contribution is 5.20. The second kappa shape index (κ2) is 12.7. The van der Waals surface area contributed by atoms with E-state index in [1.807, 2.05) is 0 Å². The first-order valence-corrected chi connectivity index (χ1v) is 14.1. The van der Waals surface area contributed by atoms with Gasteiger partial charge in [-0.1, -0.05) is 12.2 Å². The van der Waals surface area contributed by atoms with Gasteiger partial charge in [0.25, 0.3) is 0 Å². The average Bonchev–Trinajstić information content (AvgIpc) is 2.93. The third-order valence-electron chi connectivity index (χ3n) is 9.54. The van der Waals surface area contributed by atoms with Gasteiger partial charge in [-0.3, -0.25) is 0 Å². The Morgan fingerprint density at radius 1 is 0.854 bits per heavy atom. The summed E-state index contributed by atoms with van der Waals surface area (Å²) in [7, 11) is 0. The lowest BCUT2D eigenvalue weighted by molar-refractivity contribution is -0.346. The molecule has 0 radical (unpaired) electrons. The first kappa shape index (κ1) is 33.1. The Morgan fingerprint density at radius 2 is 1.44 bits per heavy atom. The molecule has 0 amide bonds. The molecule has 41 heavy (non-hydrogen) atoms. The average molecular weight is 595 g/mol. The highest BCUT2D eigenvalue weighted by Gasteiger charge is 2.59. The molecule has 0 aromatic heterocycles. The second-order valence-electron chi connectivity index (χ2n) is 12.5. The molecule has 4 aliphatic rings. The summed E-state index contributed by atoms with van der Waals surface area (Å²) in [5.41, 5.74) is -1.57. The number of fused-ring (bicyclic) bond motifs is 1. The lowest BCUT2D eigenvalue weighted by atomic mass is 9.52. The van der Waals surface area contributed by atoms with Gasteiger partial charge < -0.3 is 70.0 Å². The van der Waals surface area contributed by atoms with Crippen LogP contribution in [-0.2, 0) is 18.9 Å². The summed E-state index contributed by atoms with van der Waals surface area (Å²) in [6.07, 6.45) is -15.9. The summed E-state index contributed by atoms with van der Waals surface area (Å²) in [5, 5.41) is 104. The Kier molecular flexibility index (Phi) is 10.2. The largest absolute Gasteiger partial charge is 0.396 e. The SMILES string of the molecule is C=C1CCC(O)[C@@]2(CO)CC[C@@H](C(C)(C)O)C(O[C@@H]3O[C@H](CO[C@@H]4O[C@H](CO)[C@@H](O)[C@H](O)[C@H]4O)[C@@H](O)[C@H](O)[C@H]3O)[C@@H]12. The molecular formula is C27H46O14.